The van der Waals surface area contributed by atoms with Crippen LogP contribution in [0.15, 0.2) is 90.3 Å². The van der Waals surface area contributed by atoms with Gasteiger partial charge in [0.2, 0.25) is 0 Å². The van der Waals surface area contributed by atoms with Crippen LogP contribution in [-0.4, -0.2) is 24.7 Å². The summed E-state index contributed by atoms with van der Waals surface area (Å²) in [7, 11) is 0. The Morgan fingerprint density at radius 1 is 1.22 bits per heavy atom. The van der Waals surface area contributed by atoms with Crippen molar-refractivity contribution < 1.29 is 4.74 Å². The van der Waals surface area contributed by atoms with Gasteiger partial charge >= 0.3 is 6.01 Å². The summed E-state index contributed by atoms with van der Waals surface area (Å²) in [6, 6.07) is 11.9. The Hall–Kier alpha value is -4.26. The van der Waals surface area contributed by atoms with E-state index in [1.54, 1.807) is 24.4 Å². The SMILES string of the molecule is C=C/C(=C\C=C(/C)c1cn(Cc2ccccc2)nc1C)Oc1nc2cnccc2c(=O)[nH]1. The van der Waals surface area contributed by atoms with Crippen LogP contribution in [0.25, 0.3) is 16.5 Å². The summed E-state index contributed by atoms with van der Waals surface area (Å²) in [5.74, 6) is 0.449. The van der Waals surface area contributed by atoms with Gasteiger partial charge in [-0.05, 0) is 43.2 Å². The lowest BCUT2D eigenvalue weighted by molar-refractivity contribution is 0.408. The van der Waals surface area contributed by atoms with Gasteiger partial charge in [-0.25, -0.2) is 0 Å². The fourth-order valence-corrected chi connectivity index (χ4v) is 3.33. The summed E-state index contributed by atoms with van der Waals surface area (Å²) < 4.78 is 7.67. The number of hydrogen-bond donors (Lipinski definition) is 1. The maximum absolute atomic E-state index is 12.2. The van der Waals surface area contributed by atoms with Gasteiger partial charge in [-0.3, -0.25) is 19.4 Å². The van der Waals surface area contributed by atoms with E-state index < -0.39 is 0 Å². The van der Waals surface area contributed by atoms with Crippen molar-refractivity contribution in [2.75, 3.05) is 0 Å². The molecule has 3 aromatic heterocycles. The van der Waals surface area contributed by atoms with Crippen LogP contribution in [0, 0.1) is 6.92 Å². The van der Waals surface area contributed by atoms with Gasteiger partial charge in [-0.2, -0.15) is 10.1 Å². The van der Waals surface area contributed by atoms with Gasteiger partial charge in [-0.15, -0.1) is 0 Å². The molecule has 0 saturated heterocycles. The quantitative estimate of drug-likeness (QED) is 0.350. The standard InChI is InChI=1S/C25H23N5O2/c1-4-20(32-25-27-23-14-26-13-12-21(23)24(31)28-25)11-10-17(2)22-16-30(29-18(22)3)15-19-8-6-5-7-9-19/h4-14,16H,1,15H2,2-3H3,(H,27,28,31)/b17-10+,20-11+. The number of benzene rings is 1. The smallest absolute Gasteiger partial charge is 0.302 e. The number of H-pyrrole nitrogens is 1. The minimum atomic E-state index is -0.288. The van der Waals surface area contributed by atoms with E-state index in [-0.39, 0.29) is 11.6 Å². The number of nitrogens with one attached hydrogen (secondary N) is 1. The van der Waals surface area contributed by atoms with Gasteiger partial charge < -0.3 is 4.74 Å². The number of rotatable bonds is 7. The highest BCUT2D eigenvalue weighted by atomic mass is 16.5. The Morgan fingerprint density at radius 3 is 2.81 bits per heavy atom. The molecule has 160 valence electrons. The van der Waals surface area contributed by atoms with Crippen molar-refractivity contribution in [2.45, 2.75) is 20.4 Å². The van der Waals surface area contributed by atoms with E-state index >= 15 is 0 Å². The van der Waals surface area contributed by atoms with Crippen molar-refractivity contribution >= 4 is 16.5 Å². The molecule has 32 heavy (non-hydrogen) atoms. The molecule has 1 aromatic carbocycles. The zero-order chi connectivity index (χ0) is 22.5. The van der Waals surface area contributed by atoms with E-state index in [0.717, 1.165) is 16.8 Å². The monoisotopic (exact) mass is 425 g/mol. The van der Waals surface area contributed by atoms with Crippen molar-refractivity contribution in [1.29, 1.82) is 0 Å². The first kappa shape index (κ1) is 21.0. The van der Waals surface area contributed by atoms with Crippen molar-refractivity contribution in [3.63, 3.8) is 0 Å². The highest BCUT2D eigenvalue weighted by Crippen LogP contribution is 2.19. The van der Waals surface area contributed by atoms with E-state index in [4.69, 9.17) is 4.74 Å². The fraction of sp³-hybridized carbons (Fsp3) is 0.120. The lowest BCUT2D eigenvalue weighted by atomic mass is 10.1. The normalized spacial score (nSPS) is 12.2. The molecule has 4 aromatic rings. The van der Waals surface area contributed by atoms with E-state index in [1.807, 2.05) is 49.0 Å². The predicted octanol–water partition coefficient (Wildman–Crippen LogP) is 4.42. The van der Waals surface area contributed by atoms with Crippen LogP contribution < -0.4 is 10.3 Å². The van der Waals surface area contributed by atoms with Gasteiger partial charge in [0.15, 0.2) is 0 Å². The summed E-state index contributed by atoms with van der Waals surface area (Å²) in [4.78, 5) is 23.2. The molecule has 0 bridgehead atoms. The molecular weight excluding hydrogens is 402 g/mol. The Morgan fingerprint density at radius 2 is 2.03 bits per heavy atom. The molecule has 0 fully saturated rings. The number of hydrogen-bond acceptors (Lipinski definition) is 5. The second-order valence-electron chi connectivity index (χ2n) is 7.30. The third-order valence-corrected chi connectivity index (χ3v) is 4.96. The van der Waals surface area contributed by atoms with E-state index in [1.165, 1.54) is 11.8 Å². The van der Waals surface area contributed by atoms with Crippen LogP contribution in [0.5, 0.6) is 6.01 Å². The Labute approximate surface area is 185 Å². The van der Waals surface area contributed by atoms with E-state index in [2.05, 4.69) is 38.8 Å². The van der Waals surface area contributed by atoms with Crippen LogP contribution in [-0.2, 0) is 6.54 Å². The van der Waals surface area contributed by atoms with Gasteiger partial charge in [0.1, 0.15) is 5.76 Å². The maximum atomic E-state index is 12.2. The summed E-state index contributed by atoms with van der Waals surface area (Å²) >= 11 is 0. The van der Waals surface area contributed by atoms with Crippen molar-refractivity contribution in [1.82, 2.24) is 24.7 Å². The number of allylic oxidation sites excluding steroid dienone is 4. The highest BCUT2D eigenvalue weighted by molar-refractivity contribution is 5.76. The third kappa shape index (κ3) is 4.73. The summed E-state index contributed by atoms with van der Waals surface area (Å²) in [6.45, 7) is 8.50. The predicted molar refractivity (Wildman–Crippen MR) is 125 cm³/mol. The number of fused-ring (bicyclic) bond motifs is 1. The molecule has 0 atom stereocenters. The average Bonchev–Trinajstić information content (AvgIpc) is 3.17. The molecule has 7 heteroatoms. The van der Waals surface area contributed by atoms with Crippen molar-refractivity contribution in [3.05, 3.63) is 113 Å². The molecule has 0 aliphatic rings. The first-order chi connectivity index (χ1) is 15.5. The molecule has 0 spiro atoms. The number of pyridine rings is 1. The minimum absolute atomic E-state index is 0.0829. The third-order valence-electron chi connectivity index (χ3n) is 4.96. The average molecular weight is 425 g/mol. The largest absolute Gasteiger partial charge is 0.426 e. The Kier molecular flexibility index (Phi) is 6.07. The fourth-order valence-electron chi connectivity index (χ4n) is 3.33. The summed E-state index contributed by atoms with van der Waals surface area (Å²) in [5, 5.41) is 5.08. The number of ether oxygens (including phenoxy) is 1. The van der Waals surface area contributed by atoms with Crippen LogP contribution >= 0.6 is 0 Å². The molecule has 0 saturated carbocycles. The first-order valence-electron chi connectivity index (χ1n) is 10.1. The van der Waals surface area contributed by atoms with Crippen LogP contribution in [0.2, 0.25) is 0 Å². The lowest BCUT2D eigenvalue weighted by Gasteiger charge is -2.05. The van der Waals surface area contributed by atoms with Crippen molar-refractivity contribution in [2.24, 2.45) is 0 Å². The molecule has 0 aliphatic carbocycles. The second-order valence-corrected chi connectivity index (χ2v) is 7.30. The number of aromatic amines is 1. The number of aryl methyl sites for hydroxylation is 1. The molecule has 3 heterocycles. The molecule has 0 aliphatic heterocycles. The second kappa shape index (κ2) is 9.26. The lowest BCUT2D eigenvalue weighted by Crippen LogP contribution is -2.10. The molecule has 7 nitrogen and oxygen atoms in total. The number of nitrogens with zero attached hydrogens (tertiary/aromatic N) is 4. The molecule has 0 unspecified atom stereocenters. The van der Waals surface area contributed by atoms with Gasteiger partial charge in [0, 0.05) is 18.0 Å². The Bertz CT molecular complexity index is 1380. The van der Waals surface area contributed by atoms with Crippen molar-refractivity contribution in [3.8, 4) is 6.01 Å². The highest BCUT2D eigenvalue weighted by Gasteiger charge is 2.08. The molecule has 1 N–H and O–H groups in total. The summed E-state index contributed by atoms with van der Waals surface area (Å²) in [6.07, 6.45) is 10.4. The molecule has 0 amide bonds. The van der Waals surface area contributed by atoms with Crippen LogP contribution in [0.3, 0.4) is 0 Å². The van der Waals surface area contributed by atoms with Gasteiger partial charge in [0.25, 0.3) is 5.56 Å². The van der Waals surface area contributed by atoms with Crippen LogP contribution in [0.1, 0.15) is 23.7 Å². The Balaban J connectivity index is 1.54. The first-order valence-corrected chi connectivity index (χ1v) is 10.1. The molecule has 0 radical (unpaired) electrons. The zero-order valence-electron chi connectivity index (χ0n) is 17.9. The minimum Gasteiger partial charge on any atom is -0.426 e. The number of aromatic nitrogens is 5. The van der Waals surface area contributed by atoms with Gasteiger partial charge in [0.05, 0.1) is 29.3 Å². The maximum Gasteiger partial charge on any atom is 0.302 e. The van der Waals surface area contributed by atoms with E-state index in [0.29, 0.717) is 23.2 Å². The zero-order valence-corrected chi connectivity index (χ0v) is 17.9. The van der Waals surface area contributed by atoms with E-state index in [9.17, 15) is 4.79 Å². The van der Waals surface area contributed by atoms with Gasteiger partial charge in [-0.1, -0.05) is 43.0 Å². The van der Waals surface area contributed by atoms with Crippen LogP contribution in [0.4, 0.5) is 0 Å². The summed E-state index contributed by atoms with van der Waals surface area (Å²) in [5.41, 5.74) is 4.37. The molecular formula is C25H23N5O2. The topological polar surface area (TPSA) is 85.7 Å². The molecule has 4 rings (SSSR count).